The topological polar surface area (TPSA) is 119 Å². The highest BCUT2D eigenvalue weighted by Gasteiger charge is 2.22. The van der Waals surface area contributed by atoms with Crippen LogP contribution in [0.5, 0.6) is 17.2 Å². The maximum Gasteiger partial charge on any atom is 0.319 e. The van der Waals surface area contributed by atoms with E-state index in [1.54, 1.807) is 31.2 Å². The van der Waals surface area contributed by atoms with Gasteiger partial charge in [0.2, 0.25) is 5.75 Å². The Hall–Kier alpha value is -3.40. The van der Waals surface area contributed by atoms with Crippen LogP contribution in [0.2, 0.25) is 0 Å². The van der Waals surface area contributed by atoms with Crippen LogP contribution in [0.3, 0.4) is 0 Å². The lowest BCUT2D eigenvalue weighted by Gasteiger charge is -2.17. The number of hydrogen-bond acceptors (Lipinski definition) is 6. The predicted molar refractivity (Wildman–Crippen MR) is 132 cm³/mol. The van der Waals surface area contributed by atoms with Crippen molar-refractivity contribution in [2.45, 2.75) is 32.6 Å². The molecule has 184 valence electrons. The van der Waals surface area contributed by atoms with Crippen molar-refractivity contribution in [2.24, 2.45) is 0 Å². The molecule has 2 amide bonds. The summed E-state index contributed by atoms with van der Waals surface area (Å²) in [6, 6.07) is 9.98. The van der Waals surface area contributed by atoms with E-state index in [4.69, 9.17) is 14.2 Å². The molecule has 0 aliphatic rings. The summed E-state index contributed by atoms with van der Waals surface area (Å²) in [5.41, 5.74) is 1.77. The summed E-state index contributed by atoms with van der Waals surface area (Å²) in [7, 11) is -3.61. The van der Waals surface area contributed by atoms with Gasteiger partial charge in [-0.3, -0.25) is 0 Å². The molecule has 0 fully saturated rings. The molecule has 0 saturated carbocycles. The molecule has 10 heteroatoms. The van der Waals surface area contributed by atoms with Crippen LogP contribution in [0.1, 0.15) is 26.5 Å². The number of aryl methyl sites for hydroxylation is 1. The van der Waals surface area contributed by atoms with Crippen LogP contribution in [0.4, 0.5) is 10.5 Å². The number of urea groups is 1. The molecular weight excluding hydrogens is 458 g/mol. The lowest BCUT2D eigenvalue weighted by molar-refractivity contribution is 0.252. The lowest BCUT2D eigenvalue weighted by atomic mass is 10.2. The van der Waals surface area contributed by atoms with Gasteiger partial charge in [0.15, 0.2) is 21.3 Å². The number of carbonyl (C=O) groups excluding carboxylic acids is 1. The fourth-order valence-corrected chi connectivity index (χ4v) is 5.29. The second-order valence-corrected chi connectivity index (χ2v) is 9.47. The molecule has 34 heavy (non-hydrogen) atoms. The number of hydrogen-bond donors (Lipinski definition) is 3. The summed E-state index contributed by atoms with van der Waals surface area (Å²) in [6.45, 7) is 8.47. The van der Waals surface area contributed by atoms with E-state index in [0.29, 0.717) is 53.8 Å². The fourth-order valence-electron chi connectivity index (χ4n) is 3.69. The van der Waals surface area contributed by atoms with Gasteiger partial charge in [0.1, 0.15) is 0 Å². The number of ether oxygens (including phenoxy) is 3. The number of sulfone groups is 1. The quantitative estimate of drug-likeness (QED) is 0.370. The van der Waals surface area contributed by atoms with Crippen molar-refractivity contribution >= 4 is 32.5 Å². The molecule has 3 N–H and O–H groups in total. The minimum Gasteiger partial charge on any atom is -0.490 e. The van der Waals surface area contributed by atoms with Gasteiger partial charge >= 0.3 is 6.03 Å². The summed E-state index contributed by atoms with van der Waals surface area (Å²) >= 11 is 0. The average Bonchev–Trinajstić information content (AvgIpc) is 3.13. The number of nitrogens with one attached hydrogen (secondary N) is 3. The maximum atomic E-state index is 13.0. The van der Waals surface area contributed by atoms with Gasteiger partial charge < -0.3 is 29.8 Å². The van der Waals surface area contributed by atoms with Crippen LogP contribution in [0, 0.1) is 6.92 Å². The Kier molecular flexibility index (Phi) is 8.27. The molecule has 0 radical (unpaired) electrons. The van der Waals surface area contributed by atoms with Gasteiger partial charge in [-0.05, 0) is 33.8 Å². The van der Waals surface area contributed by atoms with E-state index >= 15 is 0 Å². The number of aromatic amines is 1. The smallest absolute Gasteiger partial charge is 0.319 e. The molecule has 0 aliphatic carbocycles. The van der Waals surface area contributed by atoms with E-state index in [1.165, 1.54) is 0 Å². The van der Waals surface area contributed by atoms with Crippen LogP contribution in [-0.2, 0) is 9.84 Å². The highest BCUT2D eigenvalue weighted by atomic mass is 32.2. The molecule has 2 aromatic carbocycles. The van der Waals surface area contributed by atoms with Gasteiger partial charge in [-0.15, -0.1) is 0 Å². The number of anilines is 1. The van der Waals surface area contributed by atoms with E-state index < -0.39 is 15.9 Å². The Labute approximate surface area is 199 Å². The third-order valence-electron chi connectivity index (χ3n) is 4.97. The lowest BCUT2D eigenvalue weighted by Crippen LogP contribution is -2.33. The number of aromatic nitrogens is 1. The summed E-state index contributed by atoms with van der Waals surface area (Å²) in [5.74, 6) is 1.13. The first kappa shape index (κ1) is 25.2. The van der Waals surface area contributed by atoms with Crippen LogP contribution >= 0.6 is 0 Å². The number of carbonyl (C=O) groups is 1. The standard InChI is InChI=1S/C24H31N3O6S/c1-5-31-20-14-17(15-21(32-6-2)22(20)33-7-3)27-24(28)25-12-13-34(29,30)23-16(4)26-19-11-9-8-10-18(19)23/h8-11,14-15,26H,5-7,12-13H2,1-4H3,(H2,25,27,28). The minimum absolute atomic E-state index is 0.0548. The van der Waals surface area contributed by atoms with Crippen molar-refractivity contribution in [3.8, 4) is 17.2 Å². The first-order chi connectivity index (χ1) is 16.3. The molecule has 0 aliphatic heterocycles. The van der Waals surface area contributed by atoms with Crippen molar-refractivity contribution in [1.82, 2.24) is 10.3 Å². The number of para-hydroxylation sites is 1. The largest absolute Gasteiger partial charge is 0.490 e. The van der Waals surface area contributed by atoms with Crippen molar-refractivity contribution in [3.05, 3.63) is 42.1 Å². The van der Waals surface area contributed by atoms with E-state index in [0.717, 1.165) is 5.52 Å². The molecule has 0 saturated heterocycles. The Morgan fingerprint density at radius 2 is 1.59 bits per heavy atom. The maximum absolute atomic E-state index is 13.0. The van der Waals surface area contributed by atoms with E-state index in [-0.39, 0.29) is 17.2 Å². The Bertz CT molecular complexity index is 1230. The average molecular weight is 490 g/mol. The van der Waals surface area contributed by atoms with Gasteiger partial charge in [-0.25, -0.2) is 13.2 Å². The van der Waals surface area contributed by atoms with Crippen LogP contribution in [-0.4, -0.2) is 51.6 Å². The van der Waals surface area contributed by atoms with E-state index in [1.807, 2.05) is 32.9 Å². The molecule has 0 unspecified atom stereocenters. The third kappa shape index (κ3) is 5.74. The summed E-state index contributed by atoms with van der Waals surface area (Å²) in [4.78, 5) is 15.8. The number of rotatable bonds is 11. The van der Waals surface area contributed by atoms with Crippen molar-refractivity contribution in [3.63, 3.8) is 0 Å². The normalized spacial score (nSPS) is 11.3. The van der Waals surface area contributed by atoms with Crippen LogP contribution in [0.15, 0.2) is 41.3 Å². The van der Waals surface area contributed by atoms with E-state index in [2.05, 4.69) is 15.6 Å². The Morgan fingerprint density at radius 1 is 0.971 bits per heavy atom. The van der Waals surface area contributed by atoms with Gasteiger partial charge in [-0.2, -0.15) is 0 Å². The highest BCUT2D eigenvalue weighted by molar-refractivity contribution is 7.91. The zero-order valence-corrected chi connectivity index (χ0v) is 20.7. The molecule has 1 heterocycles. The number of amides is 2. The Balaban J connectivity index is 1.69. The first-order valence-electron chi connectivity index (χ1n) is 11.2. The van der Waals surface area contributed by atoms with Crippen molar-refractivity contribution < 1.29 is 27.4 Å². The number of fused-ring (bicyclic) bond motifs is 1. The fraction of sp³-hybridized carbons (Fsp3) is 0.375. The molecule has 9 nitrogen and oxygen atoms in total. The predicted octanol–water partition coefficient (Wildman–Crippen LogP) is 4.27. The zero-order chi connectivity index (χ0) is 24.7. The second kappa shape index (κ2) is 11.1. The molecule has 0 atom stereocenters. The summed E-state index contributed by atoms with van der Waals surface area (Å²) < 4.78 is 42.9. The SMILES string of the molecule is CCOc1cc(NC(=O)NCCS(=O)(=O)c2c(C)[nH]c3ccccc23)cc(OCC)c1OCC. The highest BCUT2D eigenvalue weighted by Crippen LogP contribution is 2.40. The Morgan fingerprint density at radius 3 is 2.21 bits per heavy atom. The van der Waals surface area contributed by atoms with Gasteiger partial charge in [0, 0.05) is 35.3 Å². The molecule has 0 bridgehead atoms. The third-order valence-corrected chi connectivity index (χ3v) is 6.86. The van der Waals surface area contributed by atoms with Crippen molar-refractivity contribution in [1.29, 1.82) is 0 Å². The van der Waals surface area contributed by atoms with Gasteiger partial charge in [0.05, 0.1) is 36.2 Å². The molecule has 1 aromatic heterocycles. The first-order valence-corrected chi connectivity index (χ1v) is 12.9. The zero-order valence-electron chi connectivity index (χ0n) is 19.9. The minimum atomic E-state index is -3.61. The monoisotopic (exact) mass is 489 g/mol. The van der Waals surface area contributed by atoms with E-state index in [9.17, 15) is 13.2 Å². The molecule has 0 spiro atoms. The number of benzene rings is 2. The number of H-pyrrole nitrogens is 1. The van der Waals surface area contributed by atoms with Gasteiger partial charge in [-0.1, -0.05) is 18.2 Å². The summed E-state index contributed by atoms with van der Waals surface area (Å²) in [5, 5.41) is 5.96. The molecule has 3 rings (SSSR count). The van der Waals surface area contributed by atoms with Crippen molar-refractivity contribution in [2.75, 3.05) is 37.4 Å². The summed E-state index contributed by atoms with van der Waals surface area (Å²) in [6.07, 6.45) is 0. The van der Waals surface area contributed by atoms with Crippen LogP contribution < -0.4 is 24.8 Å². The van der Waals surface area contributed by atoms with Crippen LogP contribution in [0.25, 0.3) is 10.9 Å². The van der Waals surface area contributed by atoms with Gasteiger partial charge in [0.25, 0.3) is 0 Å². The second-order valence-electron chi connectivity index (χ2n) is 7.43. The molecular formula is C24H31N3O6S. The molecule has 3 aromatic rings.